The van der Waals surface area contributed by atoms with Crippen LogP contribution in [0.3, 0.4) is 0 Å². The largest absolute Gasteiger partial charge is 0.466 e. The summed E-state index contributed by atoms with van der Waals surface area (Å²) in [6, 6.07) is 1.93. The number of rotatable bonds is 2. The Morgan fingerprint density at radius 3 is 3.08 bits per heavy atom. The van der Waals surface area contributed by atoms with Gasteiger partial charge in [-0.3, -0.25) is 4.79 Å². The highest BCUT2D eigenvalue weighted by atomic mass is 16.5. The first-order chi connectivity index (χ1) is 5.79. The first kappa shape index (κ1) is 8.79. The fraction of sp³-hybridized carbons (Fsp3) is 0.556. The Morgan fingerprint density at radius 1 is 1.92 bits per heavy atom. The molecule has 1 unspecified atom stereocenters. The second-order valence-electron chi connectivity index (χ2n) is 2.69. The van der Waals surface area contributed by atoms with Crippen molar-refractivity contribution in [2.75, 3.05) is 6.61 Å². The third-order valence-electron chi connectivity index (χ3n) is 1.99. The van der Waals surface area contributed by atoms with Gasteiger partial charge in [-0.15, -0.1) is 0 Å². The molecule has 3 heteroatoms. The number of hydrogen-bond donors (Lipinski definition) is 0. The molecule has 0 aromatic rings. The van der Waals surface area contributed by atoms with Gasteiger partial charge in [0, 0.05) is 6.08 Å². The van der Waals surface area contributed by atoms with E-state index in [0.717, 1.165) is 18.4 Å². The van der Waals surface area contributed by atoms with Crippen molar-refractivity contribution in [3.05, 3.63) is 11.6 Å². The molecule has 1 fully saturated rings. The molecule has 1 aliphatic rings. The van der Waals surface area contributed by atoms with Crippen molar-refractivity contribution in [2.24, 2.45) is 5.92 Å². The van der Waals surface area contributed by atoms with Crippen molar-refractivity contribution < 1.29 is 9.53 Å². The van der Waals surface area contributed by atoms with Crippen LogP contribution in [-0.2, 0) is 9.53 Å². The van der Waals surface area contributed by atoms with Gasteiger partial charge in [0.25, 0.3) is 0 Å². The van der Waals surface area contributed by atoms with Crippen molar-refractivity contribution >= 4 is 5.97 Å². The fourth-order valence-electron chi connectivity index (χ4n) is 1.22. The monoisotopic (exact) mass is 165 g/mol. The van der Waals surface area contributed by atoms with Crippen LogP contribution in [0.2, 0.25) is 0 Å². The minimum absolute atomic E-state index is 0.135. The van der Waals surface area contributed by atoms with Gasteiger partial charge in [-0.2, -0.15) is 5.26 Å². The zero-order valence-electron chi connectivity index (χ0n) is 7.04. The second kappa shape index (κ2) is 3.91. The highest BCUT2D eigenvalue weighted by Gasteiger charge is 2.31. The van der Waals surface area contributed by atoms with E-state index in [1.165, 1.54) is 6.08 Å². The minimum atomic E-state index is -0.190. The van der Waals surface area contributed by atoms with E-state index in [1.54, 1.807) is 6.92 Å². The third-order valence-corrected chi connectivity index (χ3v) is 1.99. The van der Waals surface area contributed by atoms with Crippen LogP contribution in [0.5, 0.6) is 0 Å². The minimum Gasteiger partial charge on any atom is -0.466 e. The molecule has 0 spiro atoms. The lowest BCUT2D eigenvalue weighted by Gasteiger charge is -2.26. The van der Waals surface area contributed by atoms with Gasteiger partial charge >= 0.3 is 5.97 Å². The Bertz CT molecular complexity index is 250. The third kappa shape index (κ3) is 1.65. The van der Waals surface area contributed by atoms with E-state index in [9.17, 15) is 4.79 Å². The second-order valence-corrected chi connectivity index (χ2v) is 2.69. The number of hydrogen-bond acceptors (Lipinski definition) is 3. The van der Waals surface area contributed by atoms with Gasteiger partial charge < -0.3 is 4.74 Å². The predicted octanol–water partition coefficient (Wildman–Crippen LogP) is 1.41. The molecule has 1 atom stereocenters. The van der Waals surface area contributed by atoms with Crippen LogP contribution in [0.4, 0.5) is 0 Å². The maximum atomic E-state index is 11.1. The van der Waals surface area contributed by atoms with Gasteiger partial charge in [-0.1, -0.05) is 0 Å². The molecule has 3 nitrogen and oxygen atoms in total. The molecule has 0 amide bonds. The molecule has 0 aromatic heterocycles. The number of ether oxygens (including phenoxy) is 1. The maximum absolute atomic E-state index is 11.1. The van der Waals surface area contributed by atoms with E-state index >= 15 is 0 Å². The molecule has 0 bridgehead atoms. The highest BCUT2D eigenvalue weighted by Crippen LogP contribution is 2.34. The number of nitrogens with zero attached hydrogens (tertiary/aromatic N) is 1. The van der Waals surface area contributed by atoms with Crippen LogP contribution in [0.25, 0.3) is 0 Å². The van der Waals surface area contributed by atoms with Crippen molar-refractivity contribution in [3.8, 4) is 6.07 Å². The van der Waals surface area contributed by atoms with Crippen LogP contribution in [0.1, 0.15) is 19.8 Å². The molecule has 64 valence electrons. The van der Waals surface area contributed by atoms with Crippen LogP contribution < -0.4 is 0 Å². The van der Waals surface area contributed by atoms with Crippen LogP contribution in [-0.4, -0.2) is 12.6 Å². The summed E-state index contributed by atoms with van der Waals surface area (Å²) in [6.45, 7) is 2.19. The highest BCUT2D eigenvalue weighted by molar-refractivity contribution is 5.77. The number of carbonyl (C=O) groups excluding carboxylic acids is 1. The summed E-state index contributed by atoms with van der Waals surface area (Å²) in [5.41, 5.74) is 0.913. The van der Waals surface area contributed by atoms with Gasteiger partial charge in [0.1, 0.15) is 0 Å². The summed E-state index contributed by atoms with van der Waals surface area (Å²) in [5, 5.41) is 8.35. The van der Waals surface area contributed by atoms with Gasteiger partial charge in [0.2, 0.25) is 0 Å². The van der Waals surface area contributed by atoms with Crippen molar-refractivity contribution in [3.63, 3.8) is 0 Å². The zero-order chi connectivity index (χ0) is 8.97. The molecule has 0 heterocycles. The lowest BCUT2D eigenvalue weighted by atomic mass is 9.79. The fourth-order valence-corrected chi connectivity index (χ4v) is 1.22. The molecule has 0 N–H and O–H groups in total. The molecular weight excluding hydrogens is 154 g/mol. The van der Waals surface area contributed by atoms with E-state index in [0.29, 0.717) is 6.61 Å². The number of nitriles is 1. The Labute approximate surface area is 71.6 Å². The molecule has 0 radical (unpaired) electrons. The first-order valence-electron chi connectivity index (χ1n) is 4.04. The topological polar surface area (TPSA) is 50.1 Å². The molecule has 12 heavy (non-hydrogen) atoms. The Hall–Kier alpha value is -1.30. The Balaban J connectivity index is 2.50. The van der Waals surface area contributed by atoms with E-state index in [4.69, 9.17) is 10.00 Å². The van der Waals surface area contributed by atoms with Gasteiger partial charge in [0.15, 0.2) is 0 Å². The molecule has 0 saturated heterocycles. The molecule has 1 rings (SSSR count). The quantitative estimate of drug-likeness (QED) is 0.459. The Kier molecular flexibility index (Phi) is 2.87. The van der Waals surface area contributed by atoms with Crippen molar-refractivity contribution in [1.29, 1.82) is 5.26 Å². The van der Waals surface area contributed by atoms with Gasteiger partial charge in [0.05, 0.1) is 18.6 Å². The standard InChI is InChI=1S/C9H11NO2/c1-2-12-9(11)8-4-3-7(8)5-6-10/h5,8H,2-4H2,1H3/b7-5+. The van der Waals surface area contributed by atoms with Crippen LogP contribution in [0.15, 0.2) is 11.6 Å². The summed E-state index contributed by atoms with van der Waals surface area (Å²) in [7, 11) is 0. The van der Waals surface area contributed by atoms with Crippen LogP contribution in [0, 0.1) is 17.2 Å². The molecular formula is C9H11NO2. The Morgan fingerprint density at radius 2 is 2.67 bits per heavy atom. The number of allylic oxidation sites excluding steroid dienone is 1. The summed E-state index contributed by atoms with van der Waals surface area (Å²) < 4.78 is 4.83. The normalized spacial score (nSPS) is 24.3. The lowest BCUT2D eigenvalue weighted by molar-refractivity contribution is -0.148. The smallest absolute Gasteiger partial charge is 0.313 e. The predicted molar refractivity (Wildman–Crippen MR) is 43.1 cm³/mol. The number of esters is 1. The maximum Gasteiger partial charge on any atom is 0.313 e. The molecule has 1 aliphatic carbocycles. The summed E-state index contributed by atoms with van der Waals surface area (Å²) in [5.74, 6) is -0.324. The summed E-state index contributed by atoms with van der Waals surface area (Å²) in [6.07, 6.45) is 3.13. The molecule has 0 aliphatic heterocycles. The van der Waals surface area contributed by atoms with Crippen molar-refractivity contribution in [2.45, 2.75) is 19.8 Å². The van der Waals surface area contributed by atoms with Crippen LogP contribution >= 0.6 is 0 Å². The van der Waals surface area contributed by atoms with Gasteiger partial charge in [-0.25, -0.2) is 0 Å². The van der Waals surface area contributed by atoms with E-state index in [1.807, 2.05) is 6.07 Å². The lowest BCUT2D eigenvalue weighted by Crippen LogP contribution is -2.27. The average molecular weight is 165 g/mol. The molecule has 1 saturated carbocycles. The number of carbonyl (C=O) groups is 1. The zero-order valence-corrected chi connectivity index (χ0v) is 7.04. The SMILES string of the molecule is CCOC(=O)C1CC/C1=C\C#N. The van der Waals surface area contributed by atoms with Crippen molar-refractivity contribution in [1.82, 2.24) is 0 Å². The van der Waals surface area contributed by atoms with E-state index in [-0.39, 0.29) is 11.9 Å². The van der Waals surface area contributed by atoms with E-state index in [2.05, 4.69) is 0 Å². The summed E-state index contributed by atoms with van der Waals surface area (Å²) in [4.78, 5) is 11.1. The van der Waals surface area contributed by atoms with Gasteiger partial charge in [-0.05, 0) is 25.3 Å². The summed E-state index contributed by atoms with van der Waals surface area (Å²) >= 11 is 0. The average Bonchev–Trinajstić information content (AvgIpc) is 1.98. The first-order valence-corrected chi connectivity index (χ1v) is 4.04. The van der Waals surface area contributed by atoms with E-state index < -0.39 is 0 Å². The molecule has 0 aromatic carbocycles.